The summed E-state index contributed by atoms with van der Waals surface area (Å²) in [5, 5.41) is 0.631. The number of hydrogen-bond acceptors (Lipinski definition) is 7. The number of ether oxygens (including phenoxy) is 3. The standard InChI is InChI=1S/C31H25Br2ClN2O5S/c1-4-40-30(38)26-17(2)35-31-36(27(26)19-9-11-21(39-3)12-10-19)29(37)25(42-31)15-18-13-22(32)28(23(33)14-18)41-16-20-7-5-6-8-24(20)34/h5-15,27H,4,16H2,1-3H3/b25-15-/t27-/m0/s1. The average molecular weight is 733 g/mol. The molecule has 11 heteroatoms. The molecule has 1 aliphatic rings. The molecule has 0 unspecified atom stereocenters. The van der Waals surface area contributed by atoms with E-state index in [-0.39, 0.29) is 12.2 Å². The van der Waals surface area contributed by atoms with E-state index in [0.29, 0.717) is 52.7 Å². The normalized spacial score (nSPS) is 14.8. The van der Waals surface area contributed by atoms with Crippen molar-refractivity contribution in [2.75, 3.05) is 13.7 Å². The second kappa shape index (κ2) is 13.0. The molecule has 7 nitrogen and oxygen atoms in total. The summed E-state index contributed by atoms with van der Waals surface area (Å²) in [6.45, 7) is 4.00. The Morgan fingerprint density at radius 2 is 1.81 bits per heavy atom. The Bertz CT molecular complexity index is 1860. The number of benzene rings is 3. The van der Waals surface area contributed by atoms with E-state index in [2.05, 4.69) is 36.9 Å². The summed E-state index contributed by atoms with van der Waals surface area (Å²) in [7, 11) is 1.58. The zero-order valence-electron chi connectivity index (χ0n) is 22.8. The van der Waals surface area contributed by atoms with E-state index < -0.39 is 12.0 Å². The molecular weight excluding hydrogens is 708 g/mol. The highest BCUT2D eigenvalue weighted by Crippen LogP contribution is 2.36. The highest BCUT2D eigenvalue weighted by Gasteiger charge is 2.33. The van der Waals surface area contributed by atoms with Crippen LogP contribution in [0.3, 0.4) is 0 Å². The van der Waals surface area contributed by atoms with Crippen molar-refractivity contribution in [2.24, 2.45) is 4.99 Å². The van der Waals surface area contributed by atoms with Crippen molar-refractivity contribution < 1.29 is 19.0 Å². The van der Waals surface area contributed by atoms with Crippen LogP contribution in [0.25, 0.3) is 6.08 Å². The zero-order chi connectivity index (χ0) is 30.0. The Morgan fingerprint density at radius 1 is 1.12 bits per heavy atom. The molecule has 5 rings (SSSR count). The van der Waals surface area contributed by atoms with Gasteiger partial charge in [-0.05, 0) is 93.2 Å². The fourth-order valence-electron chi connectivity index (χ4n) is 4.61. The number of thiazole rings is 1. The molecule has 0 amide bonds. The first-order chi connectivity index (χ1) is 20.2. The molecule has 0 N–H and O–H groups in total. The lowest BCUT2D eigenvalue weighted by Crippen LogP contribution is -2.39. The maximum atomic E-state index is 13.9. The van der Waals surface area contributed by atoms with Gasteiger partial charge >= 0.3 is 5.97 Å². The minimum absolute atomic E-state index is 0.206. The van der Waals surface area contributed by atoms with Gasteiger partial charge in [-0.1, -0.05) is 53.3 Å². The number of carbonyl (C=O) groups excluding carboxylic acids is 1. The van der Waals surface area contributed by atoms with E-state index in [9.17, 15) is 9.59 Å². The lowest BCUT2D eigenvalue weighted by atomic mass is 9.96. The highest BCUT2D eigenvalue weighted by molar-refractivity contribution is 9.11. The number of aromatic nitrogens is 1. The van der Waals surface area contributed by atoms with E-state index in [1.807, 2.05) is 48.5 Å². The second-order valence-corrected chi connectivity index (χ2v) is 12.4. The maximum Gasteiger partial charge on any atom is 0.338 e. The van der Waals surface area contributed by atoms with Crippen molar-refractivity contribution in [3.8, 4) is 11.5 Å². The first-order valence-corrected chi connectivity index (χ1v) is 15.7. The van der Waals surface area contributed by atoms with Gasteiger partial charge in [0.15, 0.2) is 4.80 Å². The lowest BCUT2D eigenvalue weighted by Gasteiger charge is -2.24. The molecule has 0 bridgehead atoms. The molecule has 0 saturated carbocycles. The number of rotatable bonds is 8. The van der Waals surface area contributed by atoms with Crippen LogP contribution in [-0.4, -0.2) is 24.3 Å². The Morgan fingerprint density at radius 3 is 2.45 bits per heavy atom. The van der Waals surface area contributed by atoms with Crippen molar-refractivity contribution >= 4 is 66.8 Å². The number of hydrogen-bond donors (Lipinski definition) is 0. The quantitative estimate of drug-likeness (QED) is 0.192. The van der Waals surface area contributed by atoms with Gasteiger partial charge in [0.25, 0.3) is 5.56 Å². The van der Waals surface area contributed by atoms with Gasteiger partial charge in [0, 0.05) is 10.6 Å². The van der Waals surface area contributed by atoms with E-state index in [1.54, 1.807) is 43.7 Å². The molecule has 216 valence electrons. The molecule has 3 aromatic carbocycles. The number of carbonyl (C=O) groups is 1. The number of fused-ring (bicyclic) bond motifs is 1. The van der Waals surface area contributed by atoms with Crippen LogP contribution in [0, 0.1) is 0 Å². The van der Waals surface area contributed by atoms with Gasteiger partial charge in [-0.3, -0.25) is 9.36 Å². The highest BCUT2D eigenvalue weighted by atomic mass is 79.9. The van der Waals surface area contributed by atoms with E-state index in [4.69, 9.17) is 25.8 Å². The molecule has 0 aliphatic carbocycles. The fourth-order valence-corrected chi connectivity index (χ4v) is 7.30. The monoisotopic (exact) mass is 730 g/mol. The smallest absolute Gasteiger partial charge is 0.338 e. The first kappa shape index (κ1) is 30.3. The van der Waals surface area contributed by atoms with Crippen LogP contribution >= 0.6 is 54.8 Å². The zero-order valence-corrected chi connectivity index (χ0v) is 27.6. The topological polar surface area (TPSA) is 79.1 Å². The molecule has 0 spiro atoms. The third-order valence-corrected chi connectivity index (χ3v) is 9.13. The molecule has 0 fully saturated rings. The summed E-state index contributed by atoms with van der Waals surface area (Å²) < 4.78 is 20.2. The summed E-state index contributed by atoms with van der Waals surface area (Å²) in [4.78, 5) is 32.1. The van der Waals surface area contributed by atoms with Crippen LogP contribution in [0.2, 0.25) is 5.02 Å². The summed E-state index contributed by atoms with van der Waals surface area (Å²) in [5.41, 5.74) is 2.95. The SMILES string of the molecule is CCOC(=O)C1=C(C)N=c2s/c(=C\c3cc(Br)c(OCc4ccccc4Cl)c(Br)c3)c(=O)n2[C@H]1c1ccc(OC)cc1. The van der Waals surface area contributed by atoms with Crippen molar-refractivity contribution in [1.29, 1.82) is 0 Å². The molecule has 1 aromatic heterocycles. The van der Waals surface area contributed by atoms with Crippen molar-refractivity contribution in [3.63, 3.8) is 0 Å². The van der Waals surface area contributed by atoms with Gasteiger partial charge < -0.3 is 14.2 Å². The maximum absolute atomic E-state index is 13.9. The molecule has 42 heavy (non-hydrogen) atoms. The van der Waals surface area contributed by atoms with E-state index >= 15 is 0 Å². The average Bonchev–Trinajstić information content (AvgIpc) is 3.26. The Balaban J connectivity index is 1.56. The number of methoxy groups -OCH3 is 1. The molecule has 2 heterocycles. The predicted octanol–water partition coefficient (Wildman–Crippen LogP) is 6.56. The number of nitrogens with zero attached hydrogens (tertiary/aromatic N) is 2. The Hall–Kier alpha value is -3.18. The molecule has 0 saturated heterocycles. The van der Waals surface area contributed by atoms with E-state index in [0.717, 1.165) is 16.7 Å². The third-order valence-electron chi connectivity index (χ3n) is 6.60. The van der Waals surface area contributed by atoms with Crippen LogP contribution in [0.4, 0.5) is 0 Å². The molecule has 0 radical (unpaired) electrons. The first-order valence-electron chi connectivity index (χ1n) is 12.9. The van der Waals surface area contributed by atoms with Gasteiger partial charge in [-0.15, -0.1) is 0 Å². The molecule has 1 aliphatic heterocycles. The molecule has 1 atom stereocenters. The van der Waals surface area contributed by atoms with Gasteiger partial charge in [0.2, 0.25) is 0 Å². The van der Waals surface area contributed by atoms with Gasteiger partial charge in [0.1, 0.15) is 18.1 Å². The van der Waals surface area contributed by atoms with E-state index in [1.165, 1.54) is 11.3 Å². The minimum atomic E-state index is -0.701. The molecule has 4 aromatic rings. The minimum Gasteiger partial charge on any atom is -0.497 e. The number of esters is 1. The van der Waals surface area contributed by atoms with Crippen molar-refractivity contribution in [1.82, 2.24) is 4.57 Å². The lowest BCUT2D eigenvalue weighted by molar-refractivity contribution is -0.139. The van der Waals surface area contributed by atoms with Crippen LogP contribution in [-0.2, 0) is 16.1 Å². The Kier molecular flexibility index (Phi) is 9.37. The van der Waals surface area contributed by atoms with Crippen molar-refractivity contribution in [3.05, 3.63) is 122 Å². The number of allylic oxidation sites excluding steroid dienone is 1. The van der Waals surface area contributed by atoms with Crippen LogP contribution < -0.4 is 24.4 Å². The van der Waals surface area contributed by atoms with Gasteiger partial charge in [-0.25, -0.2) is 9.79 Å². The van der Waals surface area contributed by atoms with Crippen molar-refractivity contribution in [2.45, 2.75) is 26.5 Å². The van der Waals surface area contributed by atoms with Crippen LogP contribution in [0.15, 0.2) is 90.7 Å². The van der Waals surface area contributed by atoms with Crippen LogP contribution in [0.1, 0.15) is 36.6 Å². The summed E-state index contributed by atoms with van der Waals surface area (Å²) >= 11 is 14.7. The predicted molar refractivity (Wildman–Crippen MR) is 171 cm³/mol. The second-order valence-electron chi connectivity index (χ2n) is 9.27. The largest absolute Gasteiger partial charge is 0.497 e. The fraction of sp³-hybridized carbons (Fsp3) is 0.194. The van der Waals surface area contributed by atoms with Gasteiger partial charge in [0.05, 0.1) is 44.5 Å². The van der Waals surface area contributed by atoms with Gasteiger partial charge in [-0.2, -0.15) is 0 Å². The Labute approximate surface area is 268 Å². The molecular formula is C31H25Br2ClN2O5S. The summed E-state index contributed by atoms with van der Waals surface area (Å²) in [5.74, 6) is 0.775. The third kappa shape index (κ3) is 6.13. The summed E-state index contributed by atoms with van der Waals surface area (Å²) in [6.07, 6.45) is 1.80. The van der Waals surface area contributed by atoms with Crippen LogP contribution in [0.5, 0.6) is 11.5 Å². The summed E-state index contributed by atoms with van der Waals surface area (Å²) in [6, 6.07) is 17.8. The number of halogens is 3.